The summed E-state index contributed by atoms with van der Waals surface area (Å²) < 4.78 is 5.82. The molecule has 0 unspecified atom stereocenters. The molecule has 0 saturated carbocycles. The van der Waals surface area contributed by atoms with Crippen molar-refractivity contribution in [3.05, 3.63) is 35.5 Å². The monoisotopic (exact) mass is 315 g/mol. The maximum absolute atomic E-state index is 5.82. The lowest BCUT2D eigenvalue weighted by Gasteiger charge is -2.08. The SMILES string of the molecule is CCCCCCCOc1ccc(-c2n[nH]c(C)c2CNC)cc1. The van der Waals surface area contributed by atoms with E-state index >= 15 is 0 Å². The molecule has 0 amide bonds. The third kappa shape index (κ3) is 5.10. The van der Waals surface area contributed by atoms with Crippen molar-refractivity contribution < 1.29 is 4.74 Å². The van der Waals surface area contributed by atoms with Crippen molar-refractivity contribution in [1.29, 1.82) is 0 Å². The Balaban J connectivity index is 1.89. The first-order valence-electron chi connectivity index (χ1n) is 8.68. The molecular weight excluding hydrogens is 286 g/mol. The predicted octanol–water partition coefficient (Wildman–Crippen LogP) is 4.45. The van der Waals surface area contributed by atoms with Gasteiger partial charge in [0.1, 0.15) is 5.75 Å². The number of ether oxygens (including phenoxy) is 1. The van der Waals surface area contributed by atoms with Gasteiger partial charge in [-0.3, -0.25) is 5.10 Å². The second-order valence-corrected chi connectivity index (χ2v) is 5.99. The number of hydrogen-bond donors (Lipinski definition) is 2. The van der Waals surface area contributed by atoms with Gasteiger partial charge in [-0.1, -0.05) is 32.6 Å². The first-order chi connectivity index (χ1) is 11.3. The van der Waals surface area contributed by atoms with E-state index in [0.717, 1.165) is 42.3 Å². The van der Waals surface area contributed by atoms with E-state index in [1.807, 2.05) is 19.2 Å². The summed E-state index contributed by atoms with van der Waals surface area (Å²) in [5, 5.41) is 10.7. The number of aromatic amines is 1. The Hall–Kier alpha value is -1.81. The van der Waals surface area contributed by atoms with Gasteiger partial charge in [0.15, 0.2) is 0 Å². The van der Waals surface area contributed by atoms with E-state index in [1.54, 1.807) is 0 Å². The topological polar surface area (TPSA) is 49.9 Å². The van der Waals surface area contributed by atoms with Crippen LogP contribution in [0.4, 0.5) is 0 Å². The molecule has 0 aliphatic heterocycles. The van der Waals surface area contributed by atoms with Gasteiger partial charge in [0.2, 0.25) is 0 Å². The standard InChI is InChI=1S/C19H29N3O/c1-4-5-6-7-8-13-23-17-11-9-16(10-12-17)19-18(14-20-3)15(2)21-22-19/h9-12,20H,4-8,13-14H2,1-3H3,(H,21,22). The number of benzene rings is 1. The summed E-state index contributed by atoms with van der Waals surface area (Å²) in [5.74, 6) is 0.937. The van der Waals surface area contributed by atoms with Crippen LogP contribution in [0.2, 0.25) is 0 Å². The number of aromatic nitrogens is 2. The average molecular weight is 315 g/mol. The maximum atomic E-state index is 5.82. The quantitative estimate of drug-likeness (QED) is 0.637. The van der Waals surface area contributed by atoms with Gasteiger partial charge < -0.3 is 10.1 Å². The van der Waals surface area contributed by atoms with Gasteiger partial charge in [0, 0.05) is 23.4 Å². The number of rotatable bonds is 10. The Morgan fingerprint density at radius 2 is 1.83 bits per heavy atom. The number of hydrogen-bond acceptors (Lipinski definition) is 3. The van der Waals surface area contributed by atoms with Gasteiger partial charge in [-0.25, -0.2) is 0 Å². The summed E-state index contributed by atoms with van der Waals surface area (Å²) in [6.07, 6.45) is 6.31. The summed E-state index contributed by atoms with van der Waals surface area (Å²) >= 11 is 0. The highest BCUT2D eigenvalue weighted by Gasteiger charge is 2.11. The van der Waals surface area contributed by atoms with Crippen molar-refractivity contribution in [2.45, 2.75) is 52.5 Å². The minimum atomic E-state index is 0.801. The van der Waals surface area contributed by atoms with Gasteiger partial charge >= 0.3 is 0 Å². The molecule has 4 nitrogen and oxygen atoms in total. The molecule has 2 rings (SSSR count). The molecule has 0 fully saturated rings. The van der Waals surface area contributed by atoms with Crippen LogP contribution in [0.15, 0.2) is 24.3 Å². The lowest BCUT2D eigenvalue weighted by Crippen LogP contribution is -2.06. The highest BCUT2D eigenvalue weighted by Crippen LogP contribution is 2.25. The number of unbranched alkanes of at least 4 members (excludes halogenated alkanes) is 4. The number of H-pyrrole nitrogens is 1. The lowest BCUT2D eigenvalue weighted by atomic mass is 10.1. The third-order valence-electron chi connectivity index (χ3n) is 4.07. The molecule has 0 bridgehead atoms. The van der Waals surface area contributed by atoms with Crippen molar-refractivity contribution in [3.8, 4) is 17.0 Å². The van der Waals surface area contributed by atoms with E-state index in [2.05, 4.69) is 41.5 Å². The number of nitrogens with zero attached hydrogens (tertiary/aromatic N) is 1. The van der Waals surface area contributed by atoms with E-state index in [1.165, 1.54) is 31.2 Å². The highest BCUT2D eigenvalue weighted by atomic mass is 16.5. The molecule has 2 aromatic rings. The van der Waals surface area contributed by atoms with Crippen molar-refractivity contribution in [1.82, 2.24) is 15.5 Å². The summed E-state index contributed by atoms with van der Waals surface area (Å²) in [4.78, 5) is 0. The molecule has 0 saturated heterocycles. The molecule has 0 aliphatic carbocycles. The zero-order valence-electron chi connectivity index (χ0n) is 14.6. The summed E-state index contributed by atoms with van der Waals surface area (Å²) in [6.45, 7) is 5.91. The zero-order valence-corrected chi connectivity index (χ0v) is 14.6. The van der Waals surface area contributed by atoms with Crippen LogP contribution < -0.4 is 10.1 Å². The molecule has 0 aliphatic rings. The smallest absolute Gasteiger partial charge is 0.119 e. The fourth-order valence-corrected chi connectivity index (χ4v) is 2.69. The fourth-order valence-electron chi connectivity index (χ4n) is 2.69. The normalized spacial score (nSPS) is 10.9. The van der Waals surface area contributed by atoms with Crippen LogP contribution in [0.3, 0.4) is 0 Å². The molecule has 1 aromatic carbocycles. The van der Waals surface area contributed by atoms with Crippen LogP contribution in [-0.4, -0.2) is 23.9 Å². The van der Waals surface area contributed by atoms with Crippen LogP contribution in [0.25, 0.3) is 11.3 Å². The number of nitrogens with one attached hydrogen (secondary N) is 2. The van der Waals surface area contributed by atoms with E-state index in [0.29, 0.717) is 0 Å². The lowest BCUT2D eigenvalue weighted by molar-refractivity contribution is 0.304. The highest BCUT2D eigenvalue weighted by molar-refractivity contribution is 5.64. The van der Waals surface area contributed by atoms with Crippen molar-refractivity contribution in [2.75, 3.05) is 13.7 Å². The molecule has 126 valence electrons. The average Bonchev–Trinajstić information content (AvgIpc) is 2.93. The van der Waals surface area contributed by atoms with E-state index in [9.17, 15) is 0 Å². The Morgan fingerprint density at radius 1 is 1.09 bits per heavy atom. The van der Waals surface area contributed by atoms with Gasteiger partial charge in [0.05, 0.1) is 12.3 Å². The summed E-state index contributed by atoms with van der Waals surface area (Å²) in [7, 11) is 1.95. The first-order valence-corrected chi connectivity index (χ1v) is 8.68. The molecule has 1 aromatic heterocycles. The molecular formula is C19H29N3O. The van der Waals surface area contributed by atoms with Crippen LogP contribution in [0.1, 0.15) is 50.3 Å². The van der Waals surface area contributed by atoms with Crippen LogP contribution >= 0.6 is 0 Å². The predicted molar refractivity (Wildman–Crippen MR) is 95.8 cm³/mol. The largest absolute Gasteiger partial charge is 0.494 e. The molecule has 0 radical (unpaired) electrons. The van der Waals surface area contributed by atoms with E-state index in [4.69, 9.17) is 4.74 Å². The molecule has 0 spiro atoms. The second kappa shape index (κ2) is 9.36. The van der Waals surface area contributed by atoms with Gasteiger partial charge in [0.25, 0.3) is 0 Å². The van der Waals surface area contributed by atoms with E-state index < -0.39 is 0 Å². The van der Waals surface area contributed by atoms with E-state index in [-0.39, 0.29) is 0 Å². The first kappa shape index (κ1) is 17.5. The van der Waals surface area contributed by atoms with Gasteiger partial charge in [-0.05, 0) is 44.7 Å². The van der Waals surface area contributed by atoms with Gasteiger partial charge in [-0.15, -0.1) is 0 Å². The molecule has 1 heterocycles. The Morgan fingerprint density at radius 3 is 2.52 bits per heavy atom. The van der Waals surface area contributed by atoms with Crippen LogP contribution in [-0.2, 0) is 6.54 Å². The molecule has 2 N–H and O–H groups in total. The van der Waals surface area contributed by atoms with Crippen molar-refractivity contribution >= 4 is 0 Å². The fraction of sp³-hybridized carbons (Fsp3) is 0.526. The minimum Gasteiger partial charge on any atom is -0.494 e. The maximum Gasteiger partial charge on any atom is 0.119 e. The summed E-state index contributed by atoms with van der Waals surface area (Å²) in [6, 6.07) is 8.24. The van der Waals surface area contributed by atoms with Crippen LogP contribution in [0, 0.1) is 6.92 Å². The number of aryl methyl sites for hydroxylation is 1. The molecule has 23 heavy (non-hydrogen) atoms. The van der Waals surface area contributed by atoms with Gasteiger partial charge in [-0.2, -0.15) is 5.10 Å². The second-order valence-electron chi connectivity index (χ2n) is 5.99. The zero-order chi connectivity index (χ0) is 16.5. The minimum absolute atomic E-state index is 0.801. The van der Waals surface area contributed by atoms with Crippen LogP contribution in [0.5, 0.6) is 5.75 Å². The molecule has 4 heteroatoms. The third-order valence-corrected chi connectivity index (χ3v) is 4.07. The Labute approximate surface area is 139 Å². The van der Waals surface area contributed by atoms with Crippen molar-refractivity contribution in [3.63, 3.8) is 0 Å². The Kier molecular flexibility index (Phi) is 7.14. The Bertz CT molecular complexity index is 575. The summed E-state index contributed by atoms with van der Waals surface area (Å²) in [5.41, 5.74) is 4.47. The van der Waals surface area contributed by atoms with Crippen molar-refractivity contribution in [2.24, 2.45) is 0 Å². The molecule has 0 atom stereocenters.